The molecule has 3 aliphatic heterocycles. The minimum Gasteiger partial charge on any atom is -0.372 e. The summed E-state index contributed by atoms with van der Waals surface area (Å²) in [5.41, 5.74) is 1.13. The Morgan fingerprint density at radius 3 is 2.66 bits per heavy atom. The Bertz CT molecular complexity index is 922. The Hall–Kier alpha value is -2.60. The van der Waals surface area contributed by atoms with Crippen molar-refractivity contribution in [2.45, 2.75) is 61.7 Å². The van der Waals surface area contributed by atoms with E-state index in [-0.39, 0.29) is 36.0 Å². The van der Waals surface area contributed by atoms with Crippen molar-refractivity contribution >= 4 is 23.5 Å². The van der Waals surface area contributed by atoms with Gasteiger partial charge in [-0.05, 0) is 50.0 Å². The largest absolute Gasteiger partial charge is 0.373 e. The molecular weight excluding hydrogens is 372 g/mol. The molecule has 2 saturated heterocycles. The van der Waals surface area contributed by atoms with Gasteiger partial charge in [0, 0.05) is 31.3 Å². The number of carbonyl (C=O) groups is 2. The number of anilines is 1. The molecule has 5 atom stereocenters. The van der Waals surface area contributed by atoms with Gasteiger partial charge in [0.1, 0.15) is 5.60 Å². The van der Waals surface area contributed by atoms with E-state index in [1.165, 1.54) is 0 Å². The lowest BCUT2D eigenvalue weighted by molar-refractivity contribution is -0.191. The van der Waals surface area contributed by atoms with E-state index >= 15 is 0 Å². The van der Waals surface area contributed by atoms with Crippen molar-refractivity contribution in [3.63, 3.8) is 0 Å². The van der Waals surface area contributed by atoms with E-state index in [4.69, 9.17) is 14.3 Å². The van der Waals surface area contributed by atoms with Crippen LogP contribution in [-0.2, 0) is 29.3 Å². The highest BCUT2D eigenvalue weighted by Gasteiger charge is 2.65. The monoisotopic (exact) mass is 396 g/mol. The molecule has 5 rings (SSSR count). The molecule has 3 heterocycles. The summed E-state index contributed by atoms with van der Waals surface area (Å²) in [6.07, 6.45) is 6.85. The van der Waals surface area contributed by atoms with Crippen LogP contribution in [0.4, 0.5) is 5.69 Å². The summed E-state index contributed by atoms with van der Waals surface area (Å²) in [4.78, 5) is 44.1. The highest BCUT2D eigenvalue weighted by atomic mass is 16.5. The average Bonchev–Trinajstić information content (AvgIpc) is 3.17. The van der Waals surface area contributed by atoms with Crippen LogP contribution in [0, 0.1) is 0 Å². The summed E-state index contributed by atoms with van der Waals surface area (Å²) in [6.45, 7) is 2.19. The van der Waals surface area contributed by atoms with Crippen LogP contribution >= 0.6 is 0 Å². The number of allylic oxidation sites excluding steroid dienone is 1. The van der Waals surface area contributed by atoms with E-state index in [1.54, 1.807) is 13.2 Å². The zero-order valence-electron chi connectivity index (χ0n) is 16.5. The predicted octanol–water partition coefficient (Wildman–Crippen LogP) is 1.83. The maximum absolute atomic E-state index is 13.2. The molecular formula is C22H24N2O5. The third-order valence-corrected chi connectivity index (χ3v) is 7.17. The van der Waals surface area contributed by atoms with Gasteiger partial charge in [0.15, 0.2) is 5.78 Å². The minimum atomic E-state index is -0.514. The summed E-state index contributed by atoms with van der Waals surface area (Å²) in [5, 5.41) is 3.11. The highest BCUT2D eigenvalue weighted by molar-refractivity contribution is 6.07. The van der Waals surface area contributed by atoms with Crippen LogP contribution in [0.15, 0.2) is 36.4 Å². The minimum absolute atomic E-state index is 0.00122. The number of piperidine rings is 1. The number of fused-ring (bicyclic) bond motifs is 6. The lowest BCUT2D eigenvalue weighted by Gasteiger charge is -2.53. The van der Waals surface area contributed by atoms with Crippen molar-refractivity contribution in [2.75, 3.05) is 12.4 Å². The van der Waals surface area contributed by atoms with Crippen LogP contribution in [0.25, 0.3) is 0 Å². The molecule has 4 aliphatic rings. The van der Waals surface area contributed by atoms with Gasteiger partial charge in [-0.3, -0.25) is 14.5 Å². The number of nitrogens with one attached hydrogen (secondary N) is 1. The molecule has 0 aromatic heterocycles. The van der Waals surface area contributed by atoms with Crippen LogP contribution in [-0.4, -0.2) is 53.6 Å². The molecule has 7 nitrogen and oxygen atoms in total. The lowest BCUT2D eigenvalue weighted by Crippen LogP contribution is -2.64. The van der Waals surface area contributed by atoms with Crippen LogP contribution < -0.4 is 5.32 Å². The van der Waals surface area contributed by atoms with E-state index < -0.39 is 11.0 Å². The Labute approximate surface area is 169 Å². The maximum atomic E-state index is 13.2. The fraction of sp³-hybridized carbons (Fsp3) is 0.500. The van der Waals surface area contributed by atoms with Crippen LogP contribution in [0.1, 0.15) is 38.2 Å². The standard InChI is InChI=1S/C21H24N2O3.CO2/c1-13-12-21(15-5-3-4-6-16(15)22-19(21)25)17-8-10-20(26-2)9-7-14(24)11-18(20)23(13)17;2-1-3/h3-7,9,13,17-18H,8,10-12H2,1-2H3,(H,22,25);/t13-,17+,18-,20+,21+;/m1./s1. The summed E-state index contributed by atoms with van der Waals surface area (Å²) in [7, 11) is 1.74. The third kappa shape index (κ3) is 2.65. The number of methoxy groups -OCH3 is 1. The van der Waals surface area contributed by atoms with E-state index in [0.717, 1.165) is 30.5 Å². The first-order valence-electron chi connectivity index (χ1n) is 9.88. The zero-order valence-corrected chi connectivity index (χ0v) is 16.5. The van der Waals surface area contributed by atoms with Gasteiger partial charge in [-0.25, -0.2) is 0 Å². The van der Waals surface area contributed by atoms with Gasteiger partial charge >= 0.3 is 6.15 Å². The predicted molar refractivity (Wildman–Crippen MR) is 103 cm³/mol. The van der Waals surface area contributed by atoms with E-state index in [1.807, 2.05) is 24.3 Å². The van der Waals surface area contributed by atoms with Gasteiger partial charge in [0.25, 0.3) is 0 Å². The molecule has 0 saturated carbocycles. The molecule has 1 aliphatic carbocycles. The Morgan fingerprint density at radius 2 is 1.93 bits per heavy atom. The number of benzene rings is 1. The molecule has 7 heteroatoms. The fourth-order valence-corrected chi connectivity index (χ4v) is 6.11. The Balaban J connectivity index is 0.000000645. The molecule has 1 spiro atoms. The van der Waals surface area contributed by atoms with Crippen LogP contribution in [0.5, 0.6) is 0 Å². The normalized spacial score (nSPS) is 37.1. The zero-order chi connectivity index (χ0) is 20.8. The van der Waals surface area contributed by atoms with Crippen molar-refractivity contribution < 1.29 is 23.9 Å². The Kier molecular flexibility index (Phi) is 4.77. The van der Waals surface area contributed by atoms with Crippen molar-refractivity contribution in [3.8, 4) is 0 Å². The van der Waals surface area contributed by atoms with Gasteiger partial charge in [-0.15, -0.1) is 0 Å². The Morgan fingerprint density at radius 1 is 1.21 bits per heavy atom. The van der Waals surface area contributed by atoms with Gasteiger partial charge in [-0.1, -0.05) is 18.2 Å². The van der Waals surface area contributed by atoms with Crippen molar-refractivity contribution in [2.24, 2.45) is 0 Å². The van der Waals surface area contributed by atoms with Gasteiger partial charge in [0.05, 0.1) is 11.5 Å². The SMILES string of the molecule is CO[C@]12C=CC(=O)C[C@H]1N1[C@H](C)C[C@@]3(C(=O)Nc4ccccc43)[C@@H]1CC2.O=C=O. The maximum Gasteiger partial charge on any atom is 0.373 e. The number of amides is 1. The first kappa shape index (κ1) is 19.7. The molecule has 152 valence electrons. The lowest BCUT2D eigenvalue weighted by atomic mass is 9.68. The number of ketones is 1. The quantitative estimate of drug-likeness (QED) is 0.779. The number of ether oxygens (including phenoxy) is 1. The molecule has 1 aromatic rings. The molecule has 0 unspecified atom stereocenters. The summed E-state index contributed by atoms with van der Waals surface area (Å²) < 4.78 is 5.95. The van der Waals surface area contributed by atoms with Gasteiger partial charge < -0.3 is 10.1 Å². The van der Waals surface area contributed by atoms with Gasteiger partial charge in [0.2, 0.25) is 5.91 Å². The average molecular weight is 396 g/mol. The van der Waals surface area contributed by atoms with Crippen molar-refractivity contribution in [1.29, 1.82) is 0 Å². The van der Waals surface area contributed by atoms with E-state index in [0.29, 0.717) is 6.42 Å². The smallest absolute Gasteiger partial charge is 0.372 e. The number of carbonyl (C=O) groups excluding carboxylic acids is 4. The second-order valence-corrected chi connectivity index (χ2v) is 8.29. The van der Waals surface area contributed by atoms with Gasteiger partial charge in [-0.2, -0.15) is 9.59 Å². The molecule has 0 bridgehead atoms. The second-order valence-electron chi connectivity index (χ2n) is 8.29. The van der Waals surface area contributed by atoms with Crippen molar-refractivity contribution in [1.82, 2.24) is 4.90 Å². The van der Waals surface area contributed by atoms with Crippen molar-refractivity contribution in [3.05, 3.63) is 42.0 Å². The molecule has 1 N–H and O–H groups in total. The van der Waals surface area contributed by atoms with E-state index in [2.05, 4.69) is 23.2 Å². The van der Waals surface area contributed by atoms with E-state index in [9.17, 15) is 9.59 Å². The highest BCUT2D eigenvalue weighted by Crippen LogP contribution is 2.56. The number of nitrogens with zero attached hydrogens (tertiary/aromatic N) is 1. The second kappa shape index (κ2) is 7.02. The fourth-order valence-electron chi connectivity index (χ4n) is 6.11. The topological polar surface area (TPSA) is 92.8 Å². The molecule has 2 fully saturated rings. The summed E-state index contributed by atoms with van der Waals surface area (Å²) in [6, 6.07) is 8.39. The molecule has 1 aromatic carbocycles. The van der Waals surface area contributed by atoms with Crippen LogP contribution in [0.2, 0.25) is 0 Å². The number of hydrogen-bond donors (Lipinski definition) is 1. The molecule has 0 radical (unpaired) electrons. The number of hydrogen-bond acceptors (Lipinski definition) is 6. The number of para-hydroxylation sites is 1. The summed E-state index contributed by atoms with van der Waals surface area (Å²) >= 11 is 0. The molecule has 29 heavy (non-hydrogen) atoms. The first-order valence-corrected chi connectivity index (χ1v) is 9.88. The summed E-state index contributed by atoms with van der Waals surface area (Å²) in [5.74, 6) is 0.258. The molecule has 1 amide bonds. The van der Waals surface area contributed by atoms with Crippen LogP contribution in [0.3, 0.4) is 0 Å². The number of rotatable bonds is 1. The third-order valence-electron chi connectivity index (χ3n) is 7.17. The first-order chi connectivity index (χ1) is 13.9.